The van der Waals surface area contributed by atoms with E-state index in [-0.39, 0.29) is 0 Å². The van der Waals surface area contributed by atoms with Gasteiger partial charge in [0.1, 0.15) is 0 Å². The molecule has 2 rings (SSSR count). The Morgan fingerprint density at radius 1 is 0.542 bits per heavy atom. The Kier molecular flexibility index (Phi) is 6.27. The van der Waals surface area contributed by atoms with Crippen molar-refractivity contribution in [1.82, 2.24) is 0 Å². The first-order valence-corrected chi connectivity index (χ1v) is 16.7. The molecule has 0 aliphatic rings. The highest BCUT2D eigenvalue weighted by Crippen LogP contribution is 2.43. The van der Waals surface area contributed by atoms with E-state index in [1.165, 1.54) is 23.2 Å². The van der Waals surface area contributed by atoms with E-state index in [1.807, 2.05) is 0 Å². The zero-order valence-electron chi connectivity index (χ0n) is 16.3. The van der Waals surface area contributed by atoms with Crippen LogP contribution in [0.5, 0.6) is 0 Å². The van der Waals surface area contributed by atoms with Gasteiger partial charge in [0.15, 0.2) is 0 Å². The van der Waals surface area contributed by atoms with E-state index >= 15 is 0 Å². The minimum Gasteiger partial charge on any atom is -0.0695 e. The van der Waals surface area contributed by atoms with Crippen molar-refractivity contribution in [3.8, 4) is 0 Å². The van der Waals surface area contributed by atoms with Crippen LogP contribution in [-0.2, 0) is 0 Å². The molecule has 2 unspecified atom stereocenters. The summed E-state index contributed by atoms with van der Waals surface area (Å²) in [6.07, 6.45) is 0. The van der Waals surface area contributed by atoms with Gasteiger partial charge in [0.2, 0.25) is 0 Å². The fourth-order valence-electron chi connectivity index (χ4n) is 3.70. The topological polar surface area (TPSA) is 0 Å². The van der Waals surface area contributed by atoms with Crippen LogP contribution in [0.1, 0.15) is 23.0 Å². The molecule has 0 aromatic heterocycles. The Hall–Kier alpha value is -1.13. The maximum Gasteiger partial charge on any atom is 0.0448 e. The molecule has 0 aliphatic heterocycles. The summed E-state index contributed by atoms with van der Waals surface area (Å²) in [6, 6.07) is 25.3. The van der Waals surface area contributed by atoms with E-state index in [2.05, 4.69) is 99.9 Å². The first kappa shape index (κ1) is 19.2. The summed E-state index contributed by atoms with van der Waals surface area (Å²) in [7, 11) is -2.32. The van der Waals surface area contributed by atoms with E-state index in [0.29, 0.717) is 11.8 Å². The number of benzene rings is 2. The van der Waals surface area contributed by atoms with Gasteiger partial charge in [0, 0.05) is 16.1 Å². The van der Waals surface area contributed by atoms with E-state index in [4.69, 9.17) is 0 Å². The van der Waals surface area contributed by atoms with Crippen molar-refractivity contribution in [3.05, 3.63) is 71.8 Å². The van der Waals surface area contributed by atoms with Crippen LogP contribution in [0.25, 0.3) is 0 Å². The Morgan fingerprint density at radius 3 is 1.08 bits per heavy atom. The maximum atomic E-state index is 2.51. The third kappa shape index (κ3) is 6.06. The molecule has 0 amide bonds. The van der Waals surface area contributed by atoms with Crippen LogP contribution in [-0.4, -0.2) is 16.1 Å². The molecule has 2 aromatic rings. The number of hydrogen-bond donors (Lipinski definition) is 0. The van der Waals surface area contributed by atoms with E-state index in [0.717, 1.165) is 0 Å². The Morgan fingerprint density at radius 2 is 0.833 bits per heavy atom. The second kappa shape index (κ2) is 7.84. The molecule has 24 heavy (non-hydrogen) atoms. The molecule has 0 fully saturated rings. The average molecular weight is 355 g/mol. The van der Waals surface area contributed by atoms with Gasteiger partial charge in [-0.05, 0) is 23.0 Å². The fourth-order valence-corrected chi connectivity index (χ4v) is 7.38. The summed E-state index contributed by atoms with van der Waals surface area (Å²) >= 11 is 0. The molecular formula is C22H34Si2. The Bertz CT molecular complexity index is 548. The quantitative estimate of drug-likeness (QED) is 0.460. The summed E-state index contributed by atoms with van der Waals surface area (Å²) in [4.78, 5) is 0. The van der Waals surface area contributed by atoms with E-state index < -0.39 is 16.1 Å². The molecule has 0 nitrogen and oxygen atoms in total. The van der Waals surface area contributed by atoms with Crippen LogP contribution >= 0.6 is 0 Å². The van der Waals surface area contributed by atoms with Crippen LogP contribution in [0.4, 0.5) is 0 Å². The van der Waals surface area contributed by atoms with Gasteiger partial charge in [0.05, 0.1) is 0 Å². The van der Waals surface area contributed by atoms with Crippen molar-refractivity contribution in [2.24, 2.45) is 0 Å². The van der Waals surface area contributed by atoms with Gasteiger partial charge < -0.3 is 0 Å². The van der Waals surface area contributed by atoms with Crippen molar-refractivity contribution in [2.75, 3.05) is 0 Å². The van der Waals surface area contributed by atoms with Gasteiger partial charge in [-0.15, -0.1) is 0 Å². The highest BCUT2D eigenvalue weighted by Gasteiger charge is 2.32. The summed E-state index contributed by atoms with van der Waals surface area (Å²) in [6.45, 7) is 15.1. The zero-order valence-corrected chi connectivity index (χ0v) is 18.3. The first-order chi connectivity index (χ1) is 11.2. The molecule has 0 bridgehead atoms. The lowest BCUT2D eigenvalue weighted by Crippen LogP contribution is -2.30. The average Bonchev–Trinajstić information content (AvgIpc) is 2.50. The smallest absolute Gasteiger partial charge is 0.0448 e. The predicted octanol–water partition coefficient (Wildman–Crippen LogP) is 7.23. The van der Waals surface area contributed by atoms with Crippen LogP contribution in [0.2, 0.25) is 51.4 Å². The lowest BCUT2D eigenvalue weighted by Gasteiger charge is -2.35. The Labute approximate surface area is 151 Å². The highest BCUT2D eigenvalue weighted by atomic mass is 28.3. The van der Waals surface area contributed by atoms with Crippen LogP contribution < -0.4 is 0 Å². The minimum atomic E-state index is -1.16. The summed E-state index contributed by atoms with van der Waals surface area (Å²) in [5.74, 6) is 1.29. The molecule has 0 spiro atoms. The van der Waals surface area contributed by atoms with Crippen molar-refractivity contribution in [1.29, 1.82) is 0 Å². The van der Waals surface area contributed by atoms with Crippen molar-refractivity contribution < 1.29 is 0 Å². The van der Waals surface area contributed by atoms with Gasteiger partial charge in [0.25, 0.3) is 0 Å². The van der Waals surface area contributed by atoms with Crippen molar-refractivity contribution in [3.63, 3.8) is 0 Å². The fraction of sp³-hybridized carbons (Fsp3) is 0.455. The second-order valence-corrected chi connectivity index (χ2v) is 20.6. The molecule has 0 saturated carbocycles. The van der Waals surface area contributed by atoms with Crippen LogP contribution in [0, 0.1) is 0 Å². The lowest BCUT2D eigenvalue weighted by atomic mass is 9.83. The van der Waals surface area contributed by atoms with Gasteiger partial charge in [-0.3, -0.25) is 0 Å². The Balaban J connectivity index is 2.47. The molecule has 130 valence electrons. The minimum absolute atomic E-state index is 0.645. The lowest BCUT2D eigenvalue weighted by molar-refractivity contribution is 0.608. The van der Waals surface area contributed by atoms with Gasteiger partial charge in [-0.25, -0.2) is 0 Å². The molecule has 0 N–H and O–H groups in total. The molecule has 0 aliphatic carbocycles. The molecule has 0 heterocycles. The van der Waals surface area contributed by atoms with Crippen LogP contribution in [0.3, 0.4) is 0 Å². The van der Waals surface area contributed by atoms with Gasteiger partial charge in [-0.2, -0.15) is 0 Å². The zero-order chi connectivity index (χ0) is 17.8. The molecule has 2 aromatic carbocycles. The molecule has 0 radical (unpaired) electrons. The monoisotopic (exact) mass is 354 g/mol. The molecule has 2 atom stereocenters. The summed E-state index contributed by atoms with van der Waals surface area (Å²) in [5, 5.41) is 0. The maximum absolute atomic E-state index is 2.51. The third-order valence-corrected chi connectivity index (χ3v) is 7.93. The number of rotatable bonds is 7. The molecule has 2 heteroatoms. The van der Waals surface area contributed by atoms with Crippen molar-refractivity contribution >= 4 is 16.1 Å². The van der Waals surface area contributed by atoms with E-state index in [1.54, 1.807) is 0 Å². The first-order valence-electron chi connectivity index (χ1n) is 9.26. The standard InChI is InChI=1S/C22H34Si2/c1-23(2,3)17-21(19-13-9-7-10-14-19)22(18-24(4,5)6)20-15-11-8-12-16-20/h7-16,21-22H,17-18H2,1-6H3. The predicted molar refractivity (Wildman–Crippen MR) is 115 cm³/mol. The SMILES string of the molecule is C[Si](C)(C)CC(c1ccccc1)C(C[Si](C)(C)C)c1ccccc1. The van der Waals surface area contributed by atoms with E-state index in [9.17, 15) is 0 Å². The summed E-state index contributed by atoms with van der Waals surface area (Å²) < 4.78 is 0. The third-order valence-electron chi connectivity index (χ3n) is 4.61. The largest absolute Gasteiger partial charge is 0.0695 e. The van der Waals surface area contributed by atoms with Crippen molar-refractivity contribution in [2.45, 2.75) is 63.2 Å². The number of hydrogen-bond acceptors (Lipinski definition) is 0. The molecule has 0 saturated heterocycles. The second-order valence-electron chi connectivity index (χ2n) is 9.56. The van der Waals surface area contributed by atoms with Gasteiger partial charge >= 0.3 is 0 Å². The normalized spacial score (nSPS) is 15.1. The summed E-state index contributed by atoms with van der Waals surface area (Å²) in [5.41, 5.74) is 3.07. The van der Waals surface area contributed by atoms with Crippen LogP contribution in [0.15, 0.2) is 60.7 Å². The highest BCUT2D eigenvalue weighted by molar-refractivity contribution is 6.77. The van der Waals surface area contributed by atoms with Gasteiger partial charge in [-0.1, -0.05) is 112 Å². The molecular weight excluding hydrogens is 320 g/mol.